The summed E-state index contributed by atoms with van der Waals surface area (Å²) in [6.07, 6.45) is 3.29. The van der Waals surface area contributed by atoms with Crippen LogP contribution >= 0.6 is 0 Å². The second kappa shape index (κ2) is 9.79. The maximum atomic E-state index is 14.5. The third-order valence-corrected chi connectivity index (χ3v) is 7.31. The van der Waals surface area contributed by atoms with E-state index >= 15 is 0 Å². The first-order valence-electron chi connectivity index (χ1n) is 10.5. The number of nitriles is 1. The summed E-state index contributed by atoms with van der Waals surface area (Å²) < 4.78 is 98.2. The lowest BCUT2D eigenvalue weighted by Gasteiger charge is -2.30. The van der Waals surface area contributed by atoms with Crippen LogP contribution in [0.3, 0.4) is 0 Å². The molecule has 0 aliphatic heterocycles. The average molecular weight is 514 g/mol. The Morgan fingerprint density at radius 2 is 1.94 bits per heavy atom. The number of ether oxygens (including phenoxy) is 1. The smallest absolute Gasteiger partial charge is 0.387 e. The summed E-state index contributed by atoms with van der Waals surface area (Å²) in [5.41, 5.74) is 0.772. The van der Waals surface area contributed by atoms with Gasteiger partial charge in [-0.15, -0.1) is 0 Å². The zero-order chi connectivity index (χ0) is 25.3. The van der Waals surface area contributed by atoms with Gasteiger partial charge in [0.15, 0.2) is 11.6 Å². The molecule has 2 heterocycles. The summed E-state index contributed by atoms with van der Waals surface area (Å²) in [6.45, 7) is -5.72. The van der Waals surface area contributed by atoms with Gasteiger partial charge in [-0.2, -0.15) is 14.0 Å². The zero-order valence-electron chi connectivity index (χ0n) is 18.0. The Bertz CT molecular complexity index is 1380. The molecule has 13 heteroatoms. The maximum absolute atomic E-state index is 14.5. The normalized spacial score (nSPS) is 14.5. The van der Waals surface area contributed by atoms with Gasteiger partial charge in [0.1, 0.15) is 24.3 Å². The van der Waals surface area contributed by atoms with Gasteiger partial charge in [-0.25, -0.2) is 26.3 Å². The molecule has 1 aromatic carbocycles. The van der Waals surface area contributed by atoms with E-state index in [1.165, 1.54) is 6.07 Å². The van der Waals surface area contributed by atoms with Crippen molar-refractivity contribution in [2.24, 2.45) is 0 Å². The summed E-state index contributed by atoms with van der Waals surface area (Å²) in [7, 11) is -4.27. The lowest BCUT2D eigenvalue weighted by molar-refractivity contribution is -0.0521. The molecule has 186 valence electrons. The first-order chi connectivity index (χ1) is 16.7. The summed E-state index contributed by atoms with van der Waals surface area (Å²) in [6, 6.07) is 4.87. The van der Waals surface area contributed by atoms with Crippen molar-refractivity contribution in [3.8, 4) is 23.2 Å². The Balaban J connectivity index is 1.85. The van der Waals surface area contributed by atoms with Crippen LogP contribution < -0.4 is 9.46 Å². The minimum Gasteiger partial charge on any atom is -0.432 e. The fraction of sp³-hybridized carbons (Fsp3) is 0.364. The highest BCUT2D eigenvalue weighted by atomic mass is 32.2. The van der Waals surface area contributed by atoms with Crippen molar-refractivity contribution in [1.29, 1.82) is 5.26 Å². The van der Waals surface area contributed by atoms with Gasteiger partial charge < -0.3 is 9.30 Å². The first-order valence-corrected chi connectivity index (χ1v) is 12.0. The van der Waals surface area contributed by atoms with Crippen molar-refractivity contribution in [3.05, 3.63) is 41.8 Å². The molecule has 4 rings (SSSR count). The number of nitrogens with one attached hydrogen (secondary N) is 1. The topological polar surface area (TPSA) is 97.0 Å². The molecule has 3 aromatic rings. The maximum Gasteiger partial charge on any atom is 0.387 e. The molecule has 0 unspecified atom stereocenters. The van der Waals surface area contributed by atoms with Crippen LogP contribution in [0, 0.1) is 17.1 Å². The fourth-order valence-electron chi connectivity index (χ4n) is 3.96. The molecule has 1 fully saturated rings. The molecule has 0 spiro atoms. The third kappa shape index (κ3) is 4.68. The highest BCUT2D eigenvalue weighted by Crippen LogP contribution is 2.43. The number of rotatable bonds is 9. The highest BCUT2D eigenvalue weighted by Gasteiger charge is 2.30. The molecule has 2 aromatic heterocycles. The lowest BCUT2D eigenvalue weighted by atomic mass is 9.92. The van der Waals surface area contributed by atoms with Gasteiger partial charge in [0.05, 0.1) is 28.5 Å². The number of aromatic nitrogens is 2. The Morgan fingerprint density at radius 3 is 2.46 bits per heavy atom. The molecule has 0 radical (unpaired) electrons. The van der Waals surface area contributed by atoms with Crippen molar-refractivity contribution in [2.75, 3.05) is 13.3 Å². The molecular weight excluding hydrogens is 495 g/mol. The molecule has 1 saturated carbocycles. The fourth-order valence-corrected chi connectivity index (χ4v) is 5.10. The predicted octanol–water partition coefficient (Wildman–Crippen LogP) is 4.63. The van der Waals surface area contributed by atoms with E-state index in [0.717, 1.165) is 30.8 Å². The first kappa shape index (κ1) is 24.9. The number of fused-ring (bicyclic) bond motifs is 1. The largest absolute Gasteiger partial charge is 0.432 e. The van der Waals surface area contributed by atoms with Gasteiger partial charge in [0, 0.05) is 23.7 Å². The summed E-state index contributed by atoms with van der Waals surface area (Å²) in [5.74, 6) is -1.74. The van der Waals surface area contributed by atoms with E-state index in [9.17, 15) is 35.6 Å². The van der Waals surface area contributed by atoms with Gasteiger partial charge in [-0.3, -0.25) is 4.98 Å². The molecule has 0 atom stereocenters. The number of sulfonamides is 1. The Hall–Kier alpha value is -3.24. The van der Waals surface area contributed by atoms with Crippen molar-refractivity contribution < 1.29 is 35.1 Å². The second-order valence-electron chi connectivity index (χ2n) is 7.97. The number of hydrogen-bond acceptors (Lipinski definition) is 5. The summed E-state index contributed by atoms with van der Waals surface area (Å²) >= 11 is 0. The zero-order valence-corrected chi connectivity index (χ0v) is 18.8. The average Bonchev–Trinajstić information content (AvgIpc) is 3.09. The van der Waals surface area contributed by atoms with Crippen LogP contribution in [0.5, 0.6) is 5.75 Å². The Labute approximate surface area is 197 Å². The van der Waals surface area contributed by atoms with Crippen LogP contribution in [0.15, 0.2) is 35.4 Å². The monoisotopic (exact) mass is 514 g/mol. The lowest BCUT2D eigenvalue weighted by Crippen LogP contribution is -2.37. The molecule has 0 bridgehead atoms. The van der Waals surface area contributed by atoms with Gasteiger partial charge in [0.2, 0.25) is 10.0 Å². The molecule has 35 heavy (non-hydrogen) atoms. The van der Waals surface area contributed by atoms with Crippen LogP contribution in [-0.4, -0.2) is 44.0 Å². The van der Waals surface area contributed by atoms with Crippen LogP contribution in [0.25, 0.3) is 22.3 Å². The van der Waals surface area contributed by atoms with Gasteiger partial charge in [-0.05, 0) is 37.5 Å². The van der Waals surface area contributed by atoms with Crippen molar-refractivity contribution >= 4 is 20.9 Å². The van der Waals surface area contributed by atoms with Crippen LogP contribution in [0.1, 0.15) is 30.9 Å². The van der Waals surface area contributed by atoms with Crippen LogP contribution in [0.4, 0.5) is 22.0 Å². The number of nitrogens with zero attached hydrogens (tertiary/aromatic N) is 3. The summed E-state index contributed by atoms with van der Waals surface area (Å²) in [5, 5.41) is 10.0. The molecule has 0 amide bonds. The van der Waals surface area contributed by atoms with Crippen molar-refractivity contribution in [3.63, 3.8) is 0 Å². The number of halogens is 5. The van der Waals surface area contributed by atoms with E-state index in [0.29, 0.717) is 18.4 Å². The molecule has 1 aliphatic rings. The Kier molecular flexibility index (Phi) is 6.95. The van der Waals surface area contributed by atoms with E-state index in [-0.39, 0.29) is 33.3 Å². The van der Waals surface area contributed by atoms with Gasteiger partial charge >= 0.3 is 6.61 Å². The van der Waals surface area contributed by atoms with Gasteiger partial charge in [-0.1, -0.05) is 0 Å². The van der Waals surface area contributed by atoms with Crippen molar-refractivity contribution in [1.82, 2.24) is 14.3 Å². The minimum atomic E-state index is -4.27. The SMILES string of the molecule is N#Cc1c(-c2ccc(S(=O)(=O)NC(CF)CF)cn2)n(C2CCC2)c2cc(OC(F)F)c(F)cc12. The summed E-state index contributed by atoms with van der Waals surface area (Å²) in [4.78, 5) is 3.80. The molecule has 1 aliphatic carbocycles. The quantitative estimate of drug-likeness (QED) is 0.420. The van der Waals surface area contributed by atoms with E-state index in [1.807, 2.05) is 10.8 Å². The Morgan fingerprint density at radius 1 is 1.23 bits per heavy atom. The number of pyridine rings is 1. The van der Waals surface area contributed by atoms with Crippen LogP contribution in [0.2, 0.25) is 0 Å². The van der Waals surface area contributed by atoms with E-state index in [1.54, 1.807) is 4.57 Å². The van der Waals surface area contributed by atoms with Crippen molar-refractivity contribution in [2.45, 2.75) is 42.9 Å². The molecule has 7 nitrogen and oxygen atoms in total. The van der Waals surface area contributed by atoms with Gasteiger partial charge in [0.25, 0.3) is 0 Å². The molecular formula is C22H19F5N4O3S. The number of alkyl halides is 4. The molecule has 1 N–H and O–H groups in total. The highest BCUT2D eigenvalue weighted by molar-refractivity contribution is 7.89. The minimum absolute atomic E-state index is 0.0329. The third-order valence-electron chi connectivity index (χ3n) is 5.81. The van der Waals surface area contributed by atoms with E-state index < -0.39 is 47.6 Å². The molecule has 0 saturated heterocycles. The number of benzene rings is 1. The predicted molar refractivity (Wildman–Crippen MR) is 115 cm³/mol. The number of hydrogen-bond donors (Lipinski definition) is 1. The standard InChI is InChI=1S/C22H19F5N4O3S/c23-8-12(9-24)30-35(32,33)14-4-5-18(29-11-14)21-16(10-28)15-6-17(25)20(34-22(26)27)7-19(15)31(21)13-2-1-3-13/h4-7,11-13,22,30H,1-3,8-9H2. The van der Waals surface area contributed by atoms with E-state index in [2.05, 4.69) is 9.72 Å². The second-order valence-corrected chi connectivity index (χ2v) is 9.69. The van der Waals surface area contributed by atoms with Crippen LogP contribution in [-0.2, 0) is 10.0 Å². The van der Waals surface area contributed by atoms with E-state index in [4.69, 9.17) is 0 Å².